The largest absolute Gasteiger partial charge is 0.356 e. The number of rotatable bonds is 3. The molecule has 1 aliphatic heterocycles. The summed E-state index contributed by atoms with van der Waals surface area (Å²) in [5, 5.41) is 9.90. The third kappa shape index (κ3) is 2.39. The van der Waals surface area contributed by atoms with E-state index in [4.69, 9.17) is 5.26 Å². The summed E-state index contributed by atoms with van der Waals surface area (Å²) < 4.78 is 0. The van der Waals surface area contributed by atoms with Crippen molar-refractivity contribution in [3.63, 3.8) is 0 Å². The summed E-state index contributed by atoms with van der Waals surface area (Å²) in [6.07, 6.45) is 6.07. The molecular formula is C17H20N6O. The highest BCUT2D eigenvalue weighted by Crippen LogP contribution is 2.41. The highest BCUT2D eigenvalue weighted by atomic mass is 16.2. The molecule has 0 spiro atoms. The van der Waals surface area contributed by atoms with Crippen LogP contribution in [0, 0.1) is 23.2 Å². The number of anilines is 1. The number of likely N-dealkylation sites (tertiary alicyclic amines) is 1. The molecule has 1 aliphatic carbocycles. The van der Waals surface area contributed by atoms with Crippen LogP contribution in [0.2, 0.25) is 0 Å². The van der Waals surface area contributed by atoms with Crippen LogP contribution in [-0.4, -0.2) is 51.9 Å². The minimum atomic E-state index is 0.121. The molecule has 2 aromatic heterocycles. The van der Waals surface area contributed by atoms with Gasteiger partial charge in [0.05, 0.1) is 11.5 Å². The van der Waals surface area contributed by atoms with Crippen molar-refractivity contribution in [1.82, 2.24) is 19.9 Å². The summed E-state index contributed by atoms with van der Waals surface area (Å²) >= 11 is 0. The number of hydrogen-bond acceptors (Lipinski definition) is 5. The molecule has 0 radical (unpaired) electrons. The quantitative estimate of drug-likeness (QED) is 0.865. The smallest absolute Gasteiger partial charge is 0.223 e. The van der Waals surface area contributed by atoms with E-state index in [1.54, 1.807) is 11.2 Å². The summed E-state index contributed by atoms with van der Waals surface area (Å²) in [5.74, 6) is 1.96. The van der Waals surface area contributed by atoms with Crippen molar-refractivity contribution in [1.29, 1.82) is 5.26 Å². The SMILES string of the molecule is CN(c1ncnc2[nH]ccc12)[C@H]1CC2CC(=O)N(CC#N)C[C@H]2C1. The molecule has 7 nitrogen and oxygen atoms in total. The standard InChI is InChI=1S/C17H20N6O/c1-22(17-14-2-4-19-16(14)20-10-21-17)13-6-11-8-15(24)23(5-3-18)9-12(11)7-13/h2,4,10-13H,5-9H2,1H3,(H,19,20,21)/t11?,12-,13+/m1/s1. The number of carbonyl (C=O) groups is 1. The van der Waals surface area contributed by atoms with E-state index in [2.05, 4.69) is 33.0 Å². The van der Waals surface area contributed by atoms with Crippen molar-refractivity contribution in [3.05, 3.63) is 18.6 Å². The van der Waals surface area contributed by atoms with Gasteiger partial charge in [-0.05, 0) is 30.7 Å². The highest BCUT2D eigenvalue weighted by Gasteiger charge is 2.42. The molecule has 124 valence electrons. The molecule has 1 unspecified atom stereocenters. The summed E-state index contributed by atoms with van der Waals surface area (Å²) in [5.41, 5.74) is 0.845. The lowest BCUT2D eigenvalue weighted by Gasteiger charge is -2.33. The van der Waals surface area contributed by atoms with E-state index in [0.29, 0.717) is 30.8 Å². The highest BCUT2D eigenvalue weighted by molar-refractivity contribution is 5.87. The van der Waals surface area contributed by atoms with Gasteiger partial charge >= 0.3 is 0 Å². The number of aromatic nitrogens is 3. The number of fused-ring (bicyclic) bond motifs is 2. The predicted octanol–water partition coefficient (Wildman–Crippen LogP) is 1.54. The first kappa shape index (κ1) is 14.9. The Bertz CT molecular complexity index is 809. The molecule has 24 heavy (non-hydrogen) atoms. The Balaban J connectivity index is 1.54. The fraction of sp³-hybridized carbons (Fsp3) is 0.529. The van der Waals surface area contributed by atoms with Gasteiger partial charge in [0.2, 0.25) is 5.91 Å². The van der Waals surface area contributed by atoms with Gasteiger partial charge in [0.15, 0.2) is 0 Å². The minimum Gasteiger partial charge on any atom is -0.356 e. The Hall–Kier alpha value is -2.62. The average Bonchev–Trinajstić information content (AvgIpc) is 3.20. The van der Waals surface area contributed by atoms with Crippen molar-refractivity contribution >= 4 is 22.8 Å². The zero-order valence-electron chi connectivity index (χ0n) is 13.6. The van der Waals surface area contributed by atoms with Crippen molar-refractivity contribution in [3.8, 4) is 6.07 Å². The molecule has 2 aliphatic rings. The first-order valence-corrected chi connectivity index (χ1v) is 8.33. The lowest BCUT2D eigenvalue weighted by atomic mass is 9.88. The lowest BCUT2D eigenvalue weighted by molar-refractivity contribution is -0.135. The second kappa shape index (κ2) is 5.78. The maximum atomic E-state index is 12.1. The topological polar surface area (TPSA) is 88.9 Å². The molecule has 3 atom stereocenters. The zero-order chi connectivity index (χ0) is 16.7. The Labute approximate surface area is 140 Å². The summed E-state index contributed by atoms with van der Waals surface area (Å²) in [6.45, 7) is 0.920. The van der Waals surface area contributed by atoms with Crippen molar-refractivity contribution in [2.75, 3.05) is 25.0 Å². The van der Waals surface area contributed by atoms with Crippen LogP contribution < -0.4 is 4.90 Å². The minimum absolute atomic E-state index is 0.121. The van der Waals surface area contributed by atoms with Gasteiger partial charge in [-0.1, -0.05) is 0 Å². The monoisotopic (exact) mass is 324 g/mol. The fourth-order valence-corrected chi connectivity index (χ4v) is 4.26. The van der Waals surface area contributed by atoms with Gasteiger partial charge in [-0.25, -0.2) is 9.97 Å². The normalized spacial score (nSPS) is 26.4. The van der Waals surface area contributed by atoms with E-state index >= 15 is 0 Å². The third-order valence-corrected chi connectivity index (χ3v) is 5.54. The number of nitrogens with zero attached hydrogens (tertiary/aromatic N) is 5. The third-order valence-electron chi connectivity index (χ3n) is 5.54. The second-order valence-electron chi connectivity index (χ2n) is 6.83. The number of H-pyrrole nitrogens is 1. The second-order valence-corrected chi connectivity index (χ2v) is 6.83. The first-order chi connectivity index (χ1) is 11.7. The van der Waals surface area contributed by atoms with Crippen LogP contribution in [0.5, 0.6) is 0 Å². The average molecular weight is 324 g/mol. The number of carbonyl (C=O) groups excluding carboxylic acids is 1. The van der Waals surface area contributed by atoms with Crippen LogP contribution in [0.3, 0.4) is 0 Å². The van der Waals surface area contributed by atoms with Gasteiger partial charge < -0.3 is 14.8 Å². The van der Waals surface area contributed by atoms with Gasteiger partial charge in [-0.2, -0.15) is 5.26 Å². The fourth-order valence-electron chi connectivity index (χ4n) is 4.26. The van der Waals surface area contributed by atoms with Crippen LogP contribution in [0.4, 0.5) is 5.82 Å². The summed E-state index contributed by atoms with van der Waals surface area (Å²) in [6, 6.07) is 4.46. The van der Waals surface area contributed by atoms with E-state index < -0.39 is 0 Å². The van der Waals surface area contributed by atoms with Gasteiger partial charge in [0.25, 0.3) is 0 Å². The number of amides is 1. The molecule has 2 fully saturated rings. The molecular weight excluding hydrogens is 304 g/mol. The molecule has 1 saturated heterocycles. The Kier molecular flexibility index (Phi) is 3.60. The summed E-state index contributed by atoms with van der Waals surface area (Å²) in [7, 11) is 2.08. The maximum Gasteiger partial charge on any atom is 0.223 e. The van der Waals surface area contributed by atoms with Gasteiger partial charge in [-0.3, -0.25) is 4.79 Å². The van der Waals surface area contributed by atoms with Gasteiger partial charge in [0, 0.05) is 32.3 Å². The summed E-state index contributed by atoms with van der Waals surface area (Å²) in [4.78, 5) is 27.9. The molecule has 0 aromatic carbocycles. The van der Waals surface area contributed by atoms with E-state index in [1.165, 1.54) is 0 Å². The number of nitrogens with one attached hydrogen (secondary N) is 1. The number of nitriles is 1. The predicted molar refractivity (Wildman–Crippen MR) is 89.1 cm³/mol. The molecule has 1 saturated carbocycles. The lowest BCUT2D eigenvalue weighted by Crippen LogP contribution is -2.42. The first-order valence-electron chi connectivity index (χ1n) is 8.33. The molecule has 2 aromatic rings. The Morgan fingerprint density at radius 2 is 2.25 bits per heavy atom. The van der Waals surface area contributed by atoms with E-state index in [1.807, 2.05) is 12.3 Å². The van der Waals surface area contributed by atoms with Gasteiger partial charge in [-0.15, -0.1) is 0 Å². The van der Waals surface area contributed by atoms with Crippen LogP contribution in [-0.2, 0) is 4.79 Å². The molecule has 7 heteroatoms. The number of hydrogen-bond donors (Lipinski definition) is 1. The maximum absolute atomic E-state index is 12.1. The molecule has 3 heterocycles. The van der Waals surface area contributed by atoms with Crippen LogP contribution >= 0.6 is 0 Å². The molecule has 4 rings (SSSR count). The van der Waals surface area contributed by atoms with Gasteiger partial charge in [0.1, 0.15) is 24.3 Å². The van der Waals surface area contributed by atoms with E-state index in [-0.39, 0.29) is 12.5 Å². The Morgan fingerprint density at radius 3 is 3.08 bits per heavy atom. The van der Waals surface area contributed by atoms with E-state index in [9.17, 15) is 4.79 Å². The van der Waals surface area contributed by atoms with E-state index in [0.717, 1.165) is 29.7 Å². The number of aromatic amines is 1. The van der Waals surface area contributed by atoms with Crippen LogP contribution in [0.25, 0.3) is 11.0 Å². The van der Waals surface area contributed by atoms with Crippen LogP contribution in [0.1, 0.15) is 19.3 Å². The van der Waals surface area contributed by atoms with Crippen molar-refractivity contribution in [2.24, 2.45) is 11.8 Å². The number of piperidine rings is 1. The van der Waals surface area contributed by atoms with Crippen LogP contribution in [0.15, 0.2) is 18.6 Å². The molecule has 1 N–H and O–H groups in total. The van der Waals surface area contributed by atoms with Crippen molar-refractivity contribution < 1.29 is 4.79 Å². The molecule has 0 bridgehead atoms. The van der Waals surface area contributed by atoms with Crippen molar-refractivity contribution in [2.45, 2.75) is 25.3 Å². The molecule has 1 amide bonds. The Morgan fingerprint density at radius 1 is 1.42 bits per heavy atom. The zero-order valence-corrected chi connectivity index (χ0v) is 13.6.